The van der Waals surface area contributed by atoms with Crippen LogP contribution in [0.15, 0.2) is 29.3 Å². The highest BCUT2D eigenvalue weighted by atomic mass is 32.1. The van der Waals surface area contributed by atoms with Gasteiger partial charge in [-0.1, -0.05) is 43.7 Å². The largest absolute Gasteiger partial charge is 0.459 e. The Labute approximate surface area is 186 Å². The van der Waals surface area contributed by atoms with Crippen LogP contribution in [0, 0.1) is 12.8 Å². The molecule has 8 nitrogen and oxygen atoms in total. The lowest BCUT2D eigenvalue weighted by molar-refractivity contribution is -0.149. The van der Waals surface area contributed by atoms with Crippen LogP contribution in [0.3, 0.4) is 0 Å². The molecule has 1 rings (SSSR count). The van der Waals surface area contributed by atoms with Crippen LogP contribution < -0.4 is 22.1 Å². The number of esters is 1. The molecule has 1 amide bonds. The summed E-state index contributed by atoms with van der Waals surface area (Å²) in [6, 6.07) is 6.32. The highest BCUT2D eigenvalue weighted by Crippen LogP contribution is 2.10. The zero-order valence-corrected chi connectivity index (χ0v) is 19.4. The average Bonchev–Trinajstić information content (AvgIpc) is 2.69. The molecule has 0 fully saturated rings. The van der Waals surface area contributed by atoms with E-state index in [2.05, 4.69) is 15.6 Å². The van der Waals surface area contributed by atoms with Crippen molar-refractivity contribution in [2.24, 2.45) is 22.4 Å². The second-order valence-corrected chi connectivity index (χ2v) is 7.57. The van der Waals surface area contributed by atoms with Gasteiger partial charge in [-0.05, 0) is 37.7 Å². The standard InChI is InChI=1S/C21H35N5O3.H2S/c1-14(2)12-18(20(28)29-13-16-9-7-15(3)8-10-16)26-19(27)17(22)6-5-11-25-21(23)24-4;/h7-10,14,17-18H,5-6,11-13,22H2,1-4H3,(H,26,27)(H3,23,24,25);1H2/t17-,18+;/m1./s1. The third-order valence-corrected chi connectivity index (χ3v) is 4.39. The number of nitrogens with two attached hydrogens (primary N) is 2. The Kier molecular flexibility index (Phi) is 13.6. The van der Waals surface area contributed by atoms with Crippen molar-refractivity contribution in [1.82, 2.24) is 10.6 Å². The summed E-state index contributed by atoms with van der Waals surface area (Å²) in [7, 11) is 1.59. The molecule has 0 aromatic heterocycles. The summed E-state index contributed by atoms with van der Waals surface area (Å²) >= 11 is 0. The maximum absolute atomic E-state index is 12.5. The second kappa shape index (κ2) is 14.7. The SMILES string of the molecule is CN=C(N)NCCC[C@@H](N)C(=O)N[C@@H](CC(C)C)C(=O)OCc1ccc(C)cc1.S. The normalized spacial score (nSPS) is 13.2. The molecule has 6 N–H and O–H groups in total. The molecule has 0 aliphatic rings. The van der Waals surface area contributed by atoms with E-state index in [1.54, 1.807) is 7.05 Å². The van der Waals surface area contributed by atoms with Crippen molar-refractivity contribution in [2.75, 3.05) is 13.6 Å². The lowest BCUT2D eigenvalue weighted by atomic mass is 10.0. The topological polar surface area (TPSA) is 132 Å². The molecule has 0 radical (unpaired) electrons. The van der Waals surface area contributed by atoms with E-state index in [9.17, 15) is 9.59 Å². The van der Waals surface area contributed by atoms with Gasteiger partial charge in [0.05, 0.1) is 6.04 Å². The van der Waals surface area contributed by atoms with Gasteiger partial charge < -0.3 is 26.8 Å². The van der Waals surface area contributed by atoms with Crippen molar-refractivity contribution >= 4 is 31.3 Å². The van der Waals surface area contributed by atoms with E-state index in [-0.39, 0.29) is 31.9 Å². The van der Waals surface area contributed by atoms with E-state index in [1.165, 1.54) is 0 Å². The van der Waals surface area contributed by atoms with Gasteiger partial charge in [0.1, 0.15) is 12.6 Å². The van der Waals surface area contributed by atoms with Gasteiger partial charge in [0.15, 0.2) is 5.96 Å². The van der Waals surface area contributed by atoms with Crippen LogP contribution in [-0.4, -0.2) is 43.5 Å². The van der Waals surface area contributed by atoms with Gasteiger partial charge in [0.2, 0.25) is 5.91 Å². The Balaban J connectivity index is 0.00000841. The molecule has 0 spiro atoms. The first-order valence-electron chi connectivity index (χ1n) is 9.97. The van der Waals surface area contributed by atoms with Crippen molar-refractivity contribution in [3.63, 3.8) is 0 Å². The molecule has 9 heteroatoms. The molecule has 0 aliphatic carbocycles. The predicted octanol–water partition coefficient (Wildman–Crippen LogP) is 1.32. The van der Waals surface area contributed by atoms with Crippen molar-refractivity contribution < 1.29 is 14.3 Å². The summed E-state index contributed by atoms with van der Waals surface area (Å²) in [5.41, 5.74) is 13.6. The highest BCUT2D eigenvalue weighted by molar-refractivity contribution is 7.59. The van der Waals surface area contributed by atoms with Crippen LogP contribution in [0.4, 0.5) is 0 Å². The maximum Gasteiger partial charge on any atom is 0.328 e. The summed E-state index contributed by atoms with van der Waals surface area (Å²) in [5, 5.41) is 5.66. The maximum atomic E-state index is 12.5. The van der Waals surface area contributed by atoms with Crippen LogP contribution in [0.25, 0.3) is 0 Å². The molecule has 0 saturated carbocycles. The molecule has 1 aromatic rings. The van der Waals surface area contributed by atoms with Gasteiger partial charge in [0.25, 0.3) is 0 Å². The molecule has 0 bridgehead atoms. The van der Waals surface area contributed by atoms with Crippen LogP contribution in [-0.2, 0) is 20.9 Å². The number of nitrogens with one attached hydrogen (secondary N) is 2. The molecule has 2 atom stereocenters. The van der Waals surface area contributed by atoms with Gasteiger partial charge >= 0.3 is 5.97 Å². The first kappa shape index (κ1) is 27.7. The van der Waals surface area contributed by atoms with Crippen LogP contribution >= 0.6 is 13.5 Å². The summed E-state index contributed by atoms with van der Waals surface area (Å²) in [6.07, 6.45) is 1.59. The second-order valence-electron chi connectivity index (χ2n) is 7.57. The van der Waals surface area contributed by atoms with E-state index in [4.69, 9.17) is 16.2 Å². The Bertz CT molecular complexity index is 680. The summed E-state index contributed by atoms with van der Waals surface area (Å²) < 4.78 is 5.42. The zero-order chi connectivity index (χ0) is 21.8. The predicted molar refractivity (Wildman–Crippen MR) is 126 cm³/mol. The number of amides is 1. The van der Waals surface area contributed by atoms with Crippen molar-refractivity contribution in [3.8, 4) is 0 Å². The summed E-state index contributed by atoms with van der Waals surface area (Å²) in [4.78, 5) is 28.7. The fourth-order valence-electron chi connectivity index (χ4n) is 2.65. The van der Waals surface area contributed by atoms with Crippen LogP contribution in [0.2, 0.25) is 0 Å². The minimum absolute atomic E-state index is 0. The Morgan fingerprint density at radius 1 is 1.20 bits per heavy atom. The molecular weight excluding hydrogens is 402 g/mol. The molecule has 30 heavy (non-hydrogen) atoms. The Morgan fingerprint density at radius 2 is 1.83 bits per heavy atom. The summed E-state index contributed by atoms with van der Waals surface area (Å²) in [5.74, 6) is -0.256. The number of carbonyl (C=O) groups is 2. The molecule has 170 valence electrons. The Morgan fingerprint density at radius 3 is 2.40 bits per heavy atom. The van der Waals surface area contributed by atoms with E-state index >= 15 is 0 Å². The third-order valence-electron chi connectivity index (χ3n) is 4.39. The molecule has 1 aromatic carbocycles. The first-order valence-corrected chi connectivity index (χ1v) is 9.97. The van der Waals surface area contributed by atoms with Crippen LogP contribution in [0.5, 0.6) is 0 Å². The molecule has 0 aliphatic heterocycles. The van der Waals surface area contributed by atoms with Gasteiger partial charge in [-0.15, -0.1) is 0 Å². The number of guanidine groups is 1. The van der Waals surface area contributed by atoms with E-state index < -0.39 is 18.1 Å². The molecule has 0 saturated heterocycles. The number of hydrogen-bond acceptors (Lipinski definition) is 5. The molecule has 0 unspecified atom stereocenters. The number of aryl methyl sites for hydroxylation is 1. The van der Waals surface area contributed by atoms with Gasteiger partial charge in [0, 0.05) is 13.6 Å². The number of rotatable bonds is 11. The number of nitrogens with zero attached hydrogens (tertiary/aromatic N) is 1. The first-order chi connectivity index (χ1) is 13.7. The van der Waals surface area contributed by atoms with Gasteiger partial charge in [-0.25, -0.2) is 4.79 Å². The number of carbonyl (C=O) groups excluding carboxylic acids is 2. The van der Waals surface area contributed by atoms with Gasteiger partial charge in [-0.2, -0.15) is 13.5 Å². The number of hydrogen-bond donors (Lipinski definition) is 4. The van der Waals surface area contributed by atoms with Gasteiger partial charge in [-0.3, -0.25) is 9.79 Å². The number of benzene rings is 1. The number of aliphatic imine (C=N–C) groups is 1. The van der Waals surface area contributed by atoms with Crippen LogP contribution in [0.1, 0.15) is 44.2 Å². The van der Waals surface area contributed by atoms with Crippen molar-refractivity contribution in [3.05, 3.63) is 35.4 Å². The lowest BCUT2D eigenvalue weighted by Gasteiger charge is -2.21. The molecular formula is C21H37N5O3S. The van der Waals surface area contributed by atoms with E-state index in [0.717, 1.165) is 11.1 Å². The third kappa shape index (κ3) is 11.1. The number of ether oxygens (including phenoxy) is 1. The quantitative estimate of drug-likeness (QED) is 0.178. The zero-order valence-electron chi connectivity index (χ0n) is 18.4. The lowest BCUT2D eigenvalue weighted by Crippen LogP contribution is -2.49. The van der Waals surface area contributed by atoms with E-state index in [0.29, 0.717) is 31.8 Å². The fourth-order valence-corrected chi connectivity index (χ4v) is 2.65. The Hall–Kier alpha value is -2.26. The average molecular weight is 440 g/mol. The van der Waals surface area contributed by atoms with E-state index in [1.807, 2.05) is 45.0 Å². The summed E-state index contributed by atoms with van der Waals surface area (Å²) in [6.45, 7) is 6.70. The smallest absolute Gasteiger partial charge is 0.328 e. The monoisotopic (exact) mass is 439 g/mol. The molecule has 0 heterocycles. The fraction of sp³-hybridized carbons (Fsp3) is 0.571. The highest BCUT2D eigenvalue weighted by Gasteiger charge is 2.25. The minimum Gasteiger partial charge on any atom is -0.459 e. The van der Waals surface area contributed by atoms with Crippen molar-refractivity contribution in [1.29, 1.82) is 0 Å². The minimum atomic E-state index is -0.722. The van der Waals surface area contributed by atoms with Crippen molar-refractivity contribution in [2.45, 2.75) is 58.7 Å².